The van der Waals surface area contributed by atoms with E-state index in [-0.39, 0.29) is 0 Å². The quantitative estimate of drug-likeness (QED) is 0.836. The van der Waals surface area contributed by atoms with Gasteiger partial charge in [0, 0.05) is 11.3 Å². The van der Waals surface area contributed by atoms with Crippen molar-refractivity contribution in [3.8, 4) is 0 Å². The van der Waals surface area contributed by atoms with Gasteiger partial charge in [0.2, 0.25) is 0 Å². The molecule has 0 spiro atoms. The Morgan fingerprint density at radius 1 is 1.39 bits per heavy atom. The van der Waals surface area contributed by atoms with Crippen molar-refractivity contribution >= 4 is 5.69 Å². The SMILES string of the molecule is CC.CCC(C)c1c([NH2+]OC)cnc2c1CCC2. The lowest BCUT2D eigenvalue weighted by Crippen LogP contribution is -2.76. The maximum atomic E-state index is 5.16. The van der Waals surface area contributed by atoms with Crippen LogP contribution in [0.5, 0.6) is 0 Å². The van der Waals surface area contributed by atoms with Crippen molar-refractivity contribution in [2.24, 2.45) is 0 Å². The van der Waals surface area contributed by atoms with Crippen LogP contribution in [0.3, 0.4) is 0 Å². The van der Waals surface area contributed by atoms with Crippen LogP contribution in [0, 0.1) is 0 Å². The minimum Gasteiger partial charge on any atom is -0.255 e. The molecule has 3 nitrogen and oxygen atoms in total. The minimum atomic E-state index is 0.594. The van der Waals surface area contributed by atoms with E-state index in [1.807, 2.05) is 25.5 Å². The standard InChI is InChI=1S/C13H20N2O.C2H6/c1-4-9(2)13-10-6-5-7-11(10)14-8-12(13)15-16-3;1-2/h8-9,15H,4-7H2,1-3H3;1-2H3/p+1. The van der Waals surface area contributed by atoms with Crippen LogP contribution >= 0.6 is 0 Å². The number of aromatic nitrogens is 1. The summed E-state index contributed by atoms with van der Waals surface area (Å²) in [5, 5.41) is 0. The molecule has 102 valence electrons. The summed E-state index contributed by atoms with van der Waals surface area (Å²) in [4.78, 5) is 9.70. The van der Waals surface area contributed by atoms with Crippen LogP contribution in [0.15, 0.2) is 6.20 Å². The molecule has 0 saturated heterocycles. The molecular formula is C15H27N2O+. The van der Waals surface area contributed by atoms with Crippen molar-refractivity contribution in [3.63, 3.8) is 0 Å². The molecule has 2 rings (SSSR count). The normalized spacial score (nSPS) is 14.7. The highest BCUT2D eigenvalue weighted by Crippen LogP contribution is 2.33. The summed E-state index contributed by atoms with van der Waals surface area (Å²) < 4.78 is 0. The molecule has 0 aliphatic heterocycles. The summed E-state index contributed by atoms with van der Waals surface area (Å²) in [6.45, 7) is 8.53. The molecule has 1 aliphatic carbocycles. The van der Waals surface area contributed by atoms with E-state index in [1.54, 1.807) is 7.11 Å². The van der Waals surface area contributed by atoms with Crippen LogP contribution < -0.4 is 5.48 Å². The highest BCUT2D eigenvalue weighted by atomic mass is 16.6. The molecule has 0 amide bonds. The lowest BCUT2D eigenvalue weighted by molar-refractivity contribution is -0.830. The van der Waals surface area contributed by atoms with Crippen LogP contribution in [0.25, 0.3) is 0 Å². The second kappa shape index (κ2) is 7.49. The van der Waals surface area contributed by atoms with E-state index in [1.165, 1.54) is 36.1 Å². The van der Waals surface area contributed by atoms with Gasteiger partial charge in [-0.1, -0.05) is 27.7 Å². The second-order valence-electron chi connectivity index (χ2n) is 4.57. The zero-order chi connectivity index (χ0) is 13.5. The van der Waals surface area contributed by atoms with Crippen LogP contribution in [0.1, 0.15) is 63.3 Å². The summed E-state index contributed by atoms with van der Waals surface area (Å²) in [6, 6.07) is 0. The van der Waals surface area contributed by atoms with Gasteiger partial charge in [0.1, 0.15) is 0 Å². The topological polar surface area (TPSA) is 38.7 Å². The molecule has 0 bridgehead atoms. The van der Waals surface area contributed by atoms with Gasteiger partial charge in [-0.2, -0.15) is 5.48 Å². The second-order valence-corrected chi connectivity index (χ2v) is 4.57. The first-order chi connectivity index (χ1) is 8.77. The molecule has 1 aromatic heterocycles. The number of quaternary nitrogens is 1. The summed E-state index contributed by atoms with van der Waals surface area (Å²) in [6.07, 6.45) is 6.72. The molecule has 2 N–H and O–H groups in total. The Bertz CT molecular complexity index is 377. The third-order valence-electron chi connectivity index (χ3n) is 3.53. The third-order valence-corrected chi connectivity index (χ3v) is 3.53. The zero-order valence-corrected chi connectivity index (χ0v) is 12.4. The predicted molar refractivity (Wildman–Crippen MR) is 74.9 cm³/mol. The molecule has 1 atom stereocenters. The predicted octanol–water partition coefficient (Wildman–Crippen LogP) is 2.87. The van der Waals surface area contributed by atoms with E-state index in [4.69, 9.17) is 4.84 Å². The van der Waals surface area contributed by atoms with E-state index < -0.39 is 0 Å². The van der Waals surface area contributed by atoms with Crippen molar-refractivity contribution in [2.45, 2.75) is 59.3 Å². The Balaban J connectivity index is 0.000000771. The van der Waals surface area contributed by atoms with Gasteiger partial charge in [-0.05, 0) is 37.2 Å². The number of pyridine rings is 1. The molecule has 3 heteroatoms. The van der Waals surface area contributed by atoms with Gasteiger partial charge in [0.05, 0.1) is 13.3 Å². The zero-order valence-electron chi connectivity index (χ0n) is 12.4. The maximum Gasteiger partial charge on any atom is 0.184 e. The third kappa shape index (κ3) is 3.09. The number of hydrogen-bond donors (Lipinski definition) is 1. The van der Waals surface area contributed by atoms with Crippen molar-refractivity contribution in [3.05, 3.63) is 23.0 Å². The van der Waals surface area contributed by atoms with Gasteiger partial charge in [-0.15, -0.1) is 0 Å². The smallest absolute Gasteiger partial charge is 0.184 e. The van der Waals surface area contributed by atoms with Gasteiger partial charge < -0.3 is 0 Å². The maximum absolute atomic E-state index is 5.16. The van der Waals surface area contributed by atoms with Gasteiger partial charge in [0.25, 0.3) is 0 Å². The highest BCUT2D eigenvalue weighted by Gasteiger charge is 2.24. The number of rotatable bonds is 4. The van der Waals surface area contributed by atoms with Crippen LogP contribution in [0.2, 0.25) is 0 Å². The van der Waals surface area contributed by atoms with Crippen LogP contribution in [0.4, 0.5) is 5.69 Å². The fourth-order valence-electron chi connectivity index (χ4n) is 2.56. The summed E-state index contributed by atoms with van der Waals surface area (Å²) in [7, 11) is 1.70. The molecular weight excluding hydrogens is 224 g/mol. The molecule has 0 fully saturated rings. The average molecular weight is 251 g/mol. The summed E-state index contributed by atoms with van der Waals surface area (Å²) in [5.41, 5.74) is 7.25. The molecule has 0 radical (unpaired) electrons. The average Bonchev–Trinajstić information content (AvgIpc) is 2.88. The van der Waals surface area contributed by atoms with Crippen molar-refractivity contribution in [1.82, 2.24) is 4.98 Å². The lowest BCUT2D eigenvalue weighted by atomic mass is 9.92. The van der Waals surface area contributed by atoms with Crippen LogP contribution in [-0.4, -0.2) is 12.1 Å². The number of aryl methyl sites for hydroxylation is 1. The molecule has 0 saturated carbocycles. The van der Waals surface area contributed by atoms with Gasteiger partial charge in [-0.25, -0.2) is 4.84 Å². The number of hydrogen-bond acceptors (Lipinski definition) is 2. The molecule has 0 aromatic carbocycles. The fraction of sp³-hybridized carbons (Fsp3) is 0.667. The molecule has 1 aromatic rings. The van der Waals surface area contributed by atoms with Crippen molar-refractivity contribution in [2.75, 3.05) is 7.11 Å². The first-order valence-corrected chi connectivity index (χ1v) is 7.14. The number of nitrogens with zero attached hydrogens (tertiary/aromatic N) is 1. The summed E-state index contributed by atoms with van der Waals surface area (Å²) in [5.74, 6) is 0.594. The minimum absolute atomic E-state index is 0.594. The Morgan fingerprint density at radius 3 is 2.72 bits per heavy atom. The lowest BCUT2D eigenvalue weighted by Gasteiger charge is -2.15. The number of nitrogens with two attached hydrogens (primary N) is 1. The van der Waals surface area contributed by atoms with E-state index in [9.17, 15) is 0 Å². The van der Waals surface area contributed by atoms with Gasteiger partial charge >= 0.3 is 0 Å². The first kappa shape index (κ1) is 15.1. The monoisotopic (exact) mass is 251 g/mol. The molecule has 1 aliphatic rings. The van der Waals surface area contributed by atoms with Gasteiger partial charge in [0.15, 0.2) is 5.69 Å². The molecule has 18 heavy (non-hydrogen) atoms. The highest BCUT2D eigenvalue weighted by molar-refractivity contribution is 5.48. The van der Waals surface area contributed by atoms with Crippen LogP contribution in [-0.2, 0) is 17.7 Å². The first-order valence-electron chi connectivity index (χ1n) is 7.14. The fourth-order valence-corrected chi connectivity index (χ4v) is 2.56. The molecule has 1 unspecified atom stereocenters. The Morgan fingerprint density at radius 2 is 2.11 bits per heavy atom. The summed E-state index contributed by atoms with van der Waals surface area (Å²) >= 11 is 0. The van der Waals surface area contributed by atoms with E-state index in [0.717, 1.165) is 12.1 Å². The van der Waals surface area contributed by atoms with E-state index >= 15 is 0 Å². The van der Waals surface area contributed by atoms with Crippen molar-refractivity contribution in [1.29, 1.82) is 0 Å². The van der Waals surface area contributed by atoms with Gasteiger partial charge in [-0.3, -0.25) is 4.98 Å². The van der Waals surface area contributed by atoms with E-state index in [2.05, 4.69) is 18.8 Å². The Kier molecular flexibility index (Phi) is 6.30. The van der Waals surface area contributed by atoms with E-state index in [0.29, 0.717) is 5.92 Å². The van der Waals surface area contributed by atoms with Crippen molar-refractivity contribution < 1.29 is 10.3 Å². The Labute approximate surface area is 111 Å². The molecule has 1 heterocycles. The largest absolute Gasteiger partial charge is 0.255 e. The Hall–Kier alpha value is -0.930. The number of fused-ring (bicyclic) bond motifs is 1.